The summed E-state index contributed by atoms with van der Waals surface area (Å²) in [4.78, 5) is 53.3. The maximum atomic E-state index is 13.8. The van der Waals surface area contributed by atoms with Gasteiger partial charge in [0.15, 0.2) is 17.3 Å². The number of pyridine rings is 1. The molecular weight excluding hydrogens is 667 g/mol. The zero-order valence-corrected chi connectivity index (χ0v) is 26.8. The molecule has 2 saturated heterocycles. The molecule has 14 nitrogen and oxygen atoms in total. The van der Waals surface area contributed by atoms with Crippen molar-refractivity contribution in [3.05, 3.63) is 76.2 Å². The van der Waals surface area contributed by atoms with Gasteiger partial charge in [0.1, 0.15) is 0 Å². The minimum atomic E-state index is -4.77. The van der Waals surface area contributed by atoms with Gasteiger partial charge >= 0.3 is 6.18 Å². The van der Waals surface area contributed by atoms with E-state index >= 15 is 0 Å². The van der Waals surface area contributed by atoms with Crippen LogP contribution in [0.4, 0.5) is 30.2 Å². The Kier molecular flexibility index (Phi) is 9.47. The fraction of sp³-hybridized carbons (Fsp3) is 0.355. The van der Waals surface area contributed by atoms with Crippen molar-refractivity contribution in [3.63, 3.8) is 0 Å². The standard InChI is InChI=1S/C31H33ClF3N11O3/c32-22-12-19(1-2-21(22)30(49)45-9-7-44(8-10-45)29(48)17-3-5-38-6-4-17)42-28(47)27-40-14-20(41-27)11-18-16-46(43-26(18)31(33,34)35)25-13-23(36)24(37)15-39-25/h1-2,12-17,38H,3-11,37H2,(H2,36,39)(H,40,41)(H,42,47). The Labute approximate surface area is 283 Å². The molecule has 0 aliphatic carbocycles. The van der Waals surface area contributed by atoms with Gasteiger partial charge in [-0.25, -0.2) is 14.6 Å². The molecule has 49 heavy (non-hydrogen) atoms. The Balaban J connectivity index is 1.08. The van der Waals surface area contributed by atoms with E-state index in [0.29, 0.717) is 26.2 Å². The number of nitrogens with zero attached hydrogens (tertiary/aromatic N) is 6. The van der Waals surface area contributed by atoms with Crippen molar-refractivity contribution < 1.29 is 27.6 Å². The third-order valence-electron chi connectivity index (χ3n) is 8.50. The maximum Gasteiger partial charge on any atom is 0.435 e. The monoisotopic (exact) mass is 699 g/mol. The minimum absolute atomic E-state index is 0.0141. The first kappa shape index (κ1) is 33.7. The fourth-order valence-corrected chi connectivity index (χ4v) is 6.11. The molecule has 0 radical (unpaired) electrons. The summed E-state index contributed by atoms with van der Waals surface area (Å²) < 4.78 is 42.5. The summed E-state index contributed by atoms with van der Waals surface area (Å²) in [7, 11) is 0. The number of benzene rings is 1. The van der Waals surface area contributed by atoms with Gasteiger partial charge in [-0.3, -0.25) is 14.4 Å². The van der Waals surface area contributed by atoms with Gasteiger partial charge in [0, 0.05) is 73.9 Å². The Morgan fingerprint density at radius 3 is 2.37 bits per heavy atom. The molecule has 3 aromatic heterocycles. The number of anilines is 3. The average molecular weight is 700 g/mol. The molecule has 258 valence electrons. The highest BCUT2D eigenvalue weighted by Gasteiger charge is 2.37. The molecule has 6 rings (SSSR count). The van der Waals surface area contributed by atoms with Gasteiger partial charge in [0.05, 0.1) is 28.2 Å². The number of amides is 3. The number of piperidine rings is 1. The molecule has 0 unspecified atom stereocenters. The third-order valence-corrected chi connectivity index (χ3v) is 8.81. The van der Waals surface area contributed by atoms with Crippen LogP contribution in [0, 0.1) is 5.92 Å². The smallest absolute Gasteiger partial charge is 0.397 e. The number of aromatic nitrogens is 5. The van der Waals surface area contributed by atoms with Crippen LogP contribution >= 0.6 is 11.6 Å². The average Bonchev–Trinajstić information content (AvgIpc) is 3.74. The summed E-state index contributed by atoms with van der Waals surface area (Å²) >= 11 is 6.45. The van der Waals surface area contributed by atoms with Gasteiger partial charge in [-0.1, -0.05) is 11.6 Å². The molecule has 0 spiro atoms. The number of hydrogen-bond donors (Lipinski definition) is 5. The summed E-state index contributed by atoms with van der Waals surface area (Å²) in [5.74, 6) is -0.928. The number of carbonyl (C=O) groups excluding carboxylic acids is 3. The molecule has 2 aliphatic rings. The Morgan fingerprint density at radius 2 is 1.69 bits per heavy atom. The van der Waals surface area contributed by atoms with E-state index < -0.39 is 17.8 Å². The van der Waals surface area contributed by atoms with Gasteiger partial charge in [-0.2, -0.15) is 18.3 Å². The highest BCUT2D eigenvalue weighted by molar-refractivity contribution is 6.34. The molecule has 7 N–H and O–H groups in total. The molecule has 5 heterocycles. The van der Waals surface area contributed by atoms with Gasteiger partial charge in [-0.05, 0) is 44.1 Å². The van der Waals surface area contributed by atoms with Crippen LogP contribution in [-0.2, 0) is 17.4 Å². The number of rotatable bonds is 7. The van der Waals surface area contributed by atoms with Gasteiger partial charge < -0.3 is 36.9 Å². The summed E-state index contributed by atoms with van der Waals surface area (Å²) in [5, 5.41) is 9.66. The number of nitrogens with two attached hydrogens (primary N) is 2. The summed E-state index contributed by atoms with van der Waals surface area (Å²) in [6, 6.07) is 5.75. The molecule has 0 saturated carbocycles. The number of piperazine rings is 1. The lowest BCUT2D eigenvalue weighted by atomic mass is 9.96. The van der Waals surface area contributed by atoms with Crippen molar-refractivity contribution in [3.8, 4) is 5.82 Å². The number of imidazole rings is 1. The second kappa shape index (κ2) is 13.8. The Bertz CT molecular complexity index is 1880. The van der Waals surface area contributed by atoms with E-state index in [0.717, 1.165) is 30.6 Å². The molecule has 0 bridgehead atoms. The molecule has 4 aromatic rings. The van der Waals surface area contributed by atoms with E-state index in [9.17, 15) is 27.6 Å². The molecule has 1 aromatic carbocycles. The van der Waals surface area contributed by atoms with Gasteiger partial charge in [0.2, 0.25) is 5.91 Å². The zero-order valence-electron chi connectivity index (χ0n) is 26.1. The quantitative estimate of drug-likeness (QED) is 0.193. The summed E-state index contributed by atoms with van der Waals surface area (Å²) in [6.45, 7) is 3.30. The van der Waals surface area contributed by atoms with Crippen LogP contribution in [0.5, 0.6) is 0 Å². The van der Waals surface area contributed by atoms with E-state index in [2.05, 4.69) is 30.7 Å². The van der Waals surface area contributed by atoms with Crippen molar-refractivity contribution in [2.24, 2.45) is 5.92 Å². The number of H-pyrrole nitrogens is 1. The number of nitrogens with one attached hydrogen (secondary N) is 3. The number of nitrogen functional groups attached to an aromatic ring is 2. The predicted octanol–water partition coefficient (Wildman–Crippen LogP) is 2.95. The van der Waals surface area contributed by atoms with E-state index in [1.54, 1.807) is 4.90 Å². The van der Waals surface area contributed by atoms with E-state index in [4.69, 9.17) is 23.1 Å². The normalized spacial score (nSPS) is 15.8. The van der Waals surface area contributed by atoms with Crippen molar-refractivity contribution in [1.82, 2.24) is 39.8 Å². The Morgan fingerprint density at radius 1 is 0.980 bits per heavy atom. The SMILES string of the molecule is Nc1cnc(-n2cc(Cc3cnc(C(=O)Nc4ccc(C(=O)N5CCN(C(=O)C6CCNCC6)CC5)c(Cl)c4)[nH]3)c(C(F)(F)F)n2)cc1N. The van der Waals surface area contributed by atoms with Crippen LogP contribution in [-0.4, -0.2) is 91.5 Å². The topological polar surface area (TPSA) is 193 Å². The lowest BCUT2D eigenvalue weighted by Crippen LogP contribution is -2.52. The first-order chi connectivity index (χ1) is 23.4. The second-order valence-electron chi connectivity index (χ2n) is 11.8. The lowest BCUT2D eigenvalue weighted by Gasteiger charge is -2.37. The van der Waals surface area contributed by atoms with Crippen molar-refractivity contribution in [2.75, 3.05) is 56.1 Å². The van der Waals surface area contributed by atoms with Crippen LogP contribution in [0.2, 0.25) is 5.02 Å². The van der Waals surface area contributed by atoms with Crippen LogP contribution in [0.1, 0.15) is 50.8 Å². The molecule has 2 fully saturated rings. The predicted molar refractivity (Wildman–Crippen MR) is 174 cm³/mol. The van der Waals surface area contributed by atoms with E-state index in [-0.39, 0.29) is 74.7 Å². The van der Waals surface area contributed by atoms with Crippen LogP contribution in [0.3, 0.4) is 0 Å². The van der Waals surface area contributed by atoms with Crippen molar-refractivity contribution >= 4 is 46.4 Å². The number of aromatic amines is 1. The Hall–Kier alpha value is -5.16. The molecule has 3 amide bonds. The van der Waals surface area contributed by atoms with Crippen molar-refractivity contribution in [2.45, 2.75) is 25.4 Å². The number of carbonyl (C=O) groups is 3. The molecule has 0 atom stereocenters. The second-order valence-corrected chi connectivity index (χ2v) is 12.2. The number of alkyl halides is 3. The summed E-state index contributed by atoms with van der Waals surface area (Å²) in [6.07, 6.45) is 0.220. The van der Waals surface area contributed by atoms with Crippen LogP contribution in [0.15, 0.2) is 42.9 Å². The molecular formula is C31H33ClF3N11O3. The maximum absolute atomic E-state index is 13.8. The van der Waals surface area contributed by atoms with Crippen molar-refractivity contribution in [1.29, 1.82) is 0 Å². The first-order valence-electron chi connectivity index (χ1n) is 15.5. The van der Waals surface area contributed by atoms with E-state index in [1.807, 2.05) is 4.90 Å². The van der Waals surface area contributed by atoms with Crippen LogP contribution < -0.4 is 22.1 Å². The van der Waals surface area contributed by atoms with Crippen LogP contribution in [0.25, 0.3) is 5.82 Å². The first-order valence-corrected chi connectivity index (χ1v) is 15.9. The molecule has 2 aliphatic heterocycles. The van der Waals surface area contributed by atoms with E-state index in [1.165, 1.54) is 42.9 Å². The highest BCUT2D eigenvalue weighted by atomic mass is 35.5. The molecule has 18 heteroatoms. The summed E-state index contributed by atoms with van der Waals surface area (Å²) in [5.41, 5.74) is 11.2. The zero-order chi connectivity index (χ0) is 34.9. The van der Waals surface area contributed by atoms with Gasteiger partial charge in [-0.15, -0.1) is 0 Å². The lowest BCUT2D eigenvalue weighted by molar-refractivity contribution is -0.142. The fourth-order valence-electron chi connectivity index (χ4n) is 5.84. The highest BCUT2D eigenvalue weighted by Crippen LogP contribution is 2.33. The third kappa shape index (κ3) is 7.46. The van der Waals surface area contributed by atoms with Gasteiger partial charge in [0.25, 0.3) is 11.8 Å². The minimum Gasteiger partial charge on any atom is -0.397 e. The number of halogens is 4. The largest absolute Gasteiger partial charge is 0.435 e. The number of hydrogen-bond acceptors (Lipinski definition) is 9.